The predicted molar refractivity (Wildman–Crippen MR) is 97.2 cm³/mol. The summed E-state index contributed by atoms with van der Waals surface area (Å²) >= 11 is 13.7. The van der Waals surface area contributed by atoms with Gasteiger partial charge < -0.3 is 0 Å². The third kappa shape index (κ3) is 4.28. The molecule has 1 aliphatic rings. The highest BCUT2D eigenvalue weighted by molar-refractivity contribution is 8.00. The lowest BCUT2D eigenvalue weighted by molar-refractivity contribution is -0.124. The van der Waals surface area contributed by atoms with Gasteiger partial charge in [-0.15, -0.1) is 11.8 Å². The molecule has 22 heavy (non-hydrogen) atoms. The van der Waals surface area contributed by atoms with Crippen LogP contribution >= 0.6 is 35.0 Å². The number of allylic oxidation sites excluding steroid dienone is 1. The van der Waals surface area contributed by atoms with E-state index in [9.17, 15) is 4.79 Å². The number of likely N-dealkylation sites (N-methyl/N-ethyl adjacent to an activating group) is 1. The molecule has 0 saturated carbocycles. The number of rotatable bonds is 3. The molecule has 0 bridgehead atoms. The summed E-state index contributed by atoms with van der Waals surface area (Å²) in [5, 5.41) is 6.88. The quantitative estimate of drug-likeness (QED) is 0.549. The minimum atomic E-state index is -0.0681. The Morgan fingerprint density at radius 2 is 1.91 bits per heavy atom. The molecule has 0 fully saturated rings. The van der Waals surface area contributed by atoms with Crippen LogP contribution in [0, 0.1) is 6.92 Å². The van der Waals surface area contributed by atoms with Gasteiger partial charge in [0.2, 0.25) is 0 Å². The Morgan fingerprint density at radius 1 is 1.27 bits per heavy atom. The number of aryl methyl sites for hydroxylation is 1. The molecule has 0 aliphatic carbocycles. The van der Waals surface area contributed by atoms with Gasteiger partial charge in [0.15, 0.2) is 0 Å². The van der Waals surface area contributed by atoms with Gasteiger partial charge in [0.25, 0.3) is 5.91 Å². The largest absolute Gasteiger partial charge is 0.275 e. The van der Waals surface area contributed by atoms with Gasteiger partial charge in [0.05, 0.1) is 16.3 Å². The van der Waals surface area contributed by atoms with Crippen molar-refractivity contribution in [3.8, 4) is 0 Å². The number of hydrogen-bond acceptors (Lipinski definition) is 3. The average Bonchev–Trinajstić information content (AvgIpc) is 2.78. The maximum atomic E-state index is 11.8. The normalized spacial score (nSPS) is 15.8. The second-order valence-corrected chi connectivity index (χ2v) is 6.23. The lowest BCUT2D eigenvalue weighted by atomic mass is 10.2. The first-order valence-corrected chi connectivity index (χ1v) is 8.79. The SMILES string of the molecule is C/C=C1/C(=O)N(C)N=C1CSc1cc(C)c(Cl)cc1Cl.CC. The van der Waals surface area contributed by atoms with Crippen LogP contribution < -0.4 is 0 Å². The highest BCUT2D eigenvalue weighted by Crippen LogP contribution is 2.33. The summed E-state index contributed by atoms with van der Waals surface area (Å²) in [6.07, 6.45) is 1.79. The minimum Gasteiger partial charge on any atom is -0.267 e. The van der Waals surface area contributed by atoms with Gasteiger partial charge >= 0.3 is 0 Å². The van der Waals surface area contributed by atoms with Crippen molar-refractivity contribution in [2.45, 2.75) is 32.6 Å². The molecule has 0 saturated heterocycles. The third-order valence-electron chi connectivity index (χ3n) is 2.97. The molecule has 0 spiro atoms. The molecule has 1 aromatic rings. The summed E-state index contributed by atoms with van der Waals surface area (Å²) in [5.74, 6) is 0.526. The van der Waals surface area contributed by atoms with Crippen molar-refractivity contribution in [2.24, 2.45) is 5.10 Å². The zero-order chi connectivity index (χ0) is 16.9. The lowest BCUT2D eigenvalue weighted by Crippen LogP contribution is -2.17. The van der Waals surface area contributed by atoms with Crippen LogP contribution in [-0.4, -0.2) is 29.4 Å². The van der Waals surface area contributed by atoms with Gasteiger partial charge in [-0.1, -0.05) is 43.1 Å². The molecule has 1 amide bonds. The number of thioether (sulfide) groups is 1. The molecule has 3 nitrogen and oxygen atoms in total. The number of amides is 1. The van der Waals surface area contributed by atoms with E-state index < -0.39 is 0 Å². The molecule has 120 valence electrons. The third-order valence-corrected chi connectivity index (χ3v) is 4.87. The molecule has 0 unspecified atom stereocenters. The Hall–Kier alpha value is -0.970. The van der Waals surface area contributed by atoms with Crippen molar-refractivity contribution in [1.29, 1.82) is 0 Å². The Bertz CT molecular complexity index is 627. The lowest BCUT2D eigenvalue weighted by Gasteiger charge is -2.07. The Balaban J connectivity index is 0.00000116. The van der Waals surface area contributed by atoms with E-state index in [0.29, 0.717) is 21.4 Å². The summed E-state index contributed by atoms with van der Waals surface area (Å²) < 4.78 is 0. The topological polar surface area (TPSA) is 32.7 Å². The number of carbonyl (C=O) groups excluding carboxylic acids is 1. The molecule has 1 aliphatic heterocycles. The fourth-order valence-corrected chi connectivity index (χ4v) is 3.37. The van der Waals surface area contributed by atoms with E-state index in [2.05, 4.69) is 5.10 Å². The molecule has 0 N–H and O–H groups in total. The van der Waals surface area contributed by atoms with E-state index in [1.54, 1.807) is 31.0 Å². The zero-order valence-electron chi connectivity index (χ0n) is 13.4. The van der Waals surface area contributed by atoms with Gasteiger partial charge in [-0.3, -0.25) is 4.79 Å². The number of hydrogen-bond donors (Lipinski definition) is 0. The minimum absolute atomic E-state index is 0.0681. The fourth-order valence-electron chi connectivity index (χ4n) is 1.86. The highest BCUT2D eigenvalue weighted by atomic mass is 35.5. The number of halogens is 2. The monoisotopic (exact) mass is 358 g/mol. The van der Waals surface area contributed by atoms with Crippen LogP contribution in [0.4, 0.5) is 0 Å². The first kappa shape index (κ1) is 19.1. The molecule has 0 radical (unpaired) electrons. The second kappa shape index (κ2) is 8.61. The maximum Gasteiger partial charge on any atom is 0.275 e. The number of benzene rings is 1. The van der Waals surface area contributed by atoms with Crippen LogP contribution in [0.1, 0.15) is 26.3 Å². The standard InChI is InChI=1S/C14H14Cl2N2OS.C2H6/c1-4-9-12(17-18(3)14(9)19)7-20-13-5-8(2)10(15)6-11(13)16;1-2/h4-6H,7H2,1-3H3;1-2H3/b9-4+;. The van der Waals surface area contributed by atoms with Crippen molar-refractivity contribution in [3.05, 3.63) is 39.4 Å². The Kier molecular flexibility index (Phi) is 7.46. The van der Waals surface area contributed by atoms with Crippen molar-refractivity contribution in [3.63, 3.8) is 0 Å². The van der Waals surface area contributed by atoms with Gasteiger partial charge in [0, 0.05) is 22.7 Å². The predicted octanol–water partition coefficient (Wildman–Crippen LogP) is 5.19. The van der Waals surface area contributed by atoms with Crippen LogP contribution in [0.5, 0.6) is 0 Å². The van der Waals surface area contributed by atoms with Crippen molar-refractivity contribution >= 4 is 46.6 Å². The van der Waals surface area contributed by atoms with Crippen LogP contribution in [0.3, 0.4) is 0 Å². The number of carbonyl (C=O) groups is 1. The van der Waals surface area contributed by atoms with Crippen LogP contribution in [0.2, 0.25) is 10.0 Å². The molecule has 0 atom stereocenters. The number of nitrogens with zero attached hydrogens (tertiary/aromatic N) is 2. The number of hydrazone groups is 1. The first-order valence-electron chi connectivity index (χ1n) is 7.04. The summed E-state index contributed by atoms with van der Waals surface area (Å²) in [4.78, 5) is 12.8. The Morgan fingerprint density at radius 3 is 2.50 bits per heavy atom. The molecular formula is C16H20Cl2N2OS. The van der Waals surface area contributed by atoms with Gasteiger partial charge in [-0.25, -0.2) is 5.01 Å². The fraction of sp³-hybridized carbons (Fsp3) is 0.375. The zero-order valence-corrected chi connectivity index (χ0v) is 15.7. The smallest absolute Gasteiger partial charge is 0.267 e. The molecule has 0 aromatic heterocycles. The van der Waals surface area contributed by atoms with Crippen molar-refractivity contribution in [2.75, 3.05) is 12.8 Å². The first-order chi connectivity index (χ1) is 10.4. The summed E-state index contributed by atoms with van der Waals surface area (Å²) in [6.45, 7) is 7.77. The molecule has 1 heterocycles. The van der Waals surface area contributed by atoms with Crippen molar-refractivity contribution in [1.82, 2.24) is 5.01 Å². The van der Waals surface area contributed by atoms with E-state index in [1.165, 1.54) is 5.01 Å². The van der Waals surface area contributed by atoms with Gasteiger partial charge in [0.1, 0.15) is 0 Å². The van der Waals surface area contributed by atoms with Gasteiger partial charge in [-0.05, 0) is 31.5 Å². The second-order valence-electron chi connectivity index (χ2n) is 4.40. The van der Waals surface area contributed by atoms with Crippen LogP contribution in [0.15, 0.2) is 33.8 Å². The van der Waals surface area contributed by atoms with E-state index in [0.717, 1.165) is 16.2 Å². The maximum absolute atomic E-state index is 11.8. The molecule has 1 aromatic carbocycles. The molecular weight excluding hydrogens is 339 g/mol. The van der Waals surface area contributed by atoms with Gasteiger partial charge in [-0.2, -0.15) is 5.10 Å². The average molecular weight is 359 g/mol. The summed E-state index contributed by atoms with van der Waals surface area (Å²) in [6, 6.07) is 3.69. The van der Waals surface area contributed by atoms with Crippen LogP contribution in [-0.2, 0) is 4.79 Å². The van der Waals surface area contributed by atoms with Crippen molar-refractivity contribution < 1.29 is 4.79 Å². The van der Waals surface area contributed by atoms with Crippen LogP contribution in [0.25, 0.3) is 0 Å². The van der Waals surface area contributed by atoms with E-state index in [4.69, 9.17) is 23.2 Å². The van der Waals surface area contributed by atoms with E-state index in [-0.39, 0.29) is 5.91 Å². The Labute approximate surface area is 146 Å². The van der Waals surface area contributed by atoms with E-state index in [1.807, 2.05) is 33.8 Å². The summed E-state index contributed by atoms with van der Waals surface area (Å²) in [7, 11) is 1.66. The van der Waals surface area contributed by atoms with E-state index >= 15 is 0 Å². The highest BCUT2D eigenvalue weighted by Gasteiger charge is 2.26. The summed E-state index contributed by atoms with van der Waals surface area (Å²) in [5.41, 5.74) is 2.40. The molecule has 6 heteroatoms. The molecule has 2 rings (SSSR count).